The lowest BCUT2D eigenvalue weighted by molar-refractivity contribution is 0.111. The van der Waals surface area contributed by atoms with Crippen molar-refractivity contribution in [3.63, 3.8) is 0 Å². The van der Waals surface area contributed by atoms with Gasteiger partial charge >= 0.3 is 0 Å². The lowest BCUT2D eigenvalue weighted by atomic mass is 10.1. The summed E-state index contributed by atoms with van der Waals surface area (Å²) in [5.74, 6) is 1.48. The minimum Gasteiger partial charge on any atom is -0.493 e. The third-order valence-electron chi connectivity index (χ3n) is 3.39. The second-order valence-electron chi connectivity index (χ2n) is 5.25. The van der Waals surface area contributed by atoms with E-state index >= 15 is 0 Å². The highest BCUT2D eigenvalue weighted by molar-refractivity contribution is 7.91. The molecule has 1 aromatic rings. The summed E-state index contributed by atoms with van der Waals surface area (Å²) in [5, 5.41) is 0. The summed E-state index contributed by atoms with van der Waals surface area (Å²) in [6.45, 7) is 2.91. The van der Waals surface area contributed by atoms with Crippen LogP contribution in [0.1, 0.15) is 30.1 Å². The molecule has 0 aromatic heterocycles. The van der Waals surface area contributed by atoms with Gasteiger partial charge in [0.05, 0.1) is 30.3 Å². The molecule has 1 unspecified atom stereocenters. The Hall–Kier alpha value is -1.56. The standard InChI is InChI=1S/C15H20O5S/c1-2-6-19-14-4-3-13(9-16)15(8-14)20-10-12-5-7-21(17,18)11-12/h3-4,8-9,12H,2,5-7,10-11H2,1H3. The maximum atomic E-state index is 11.4. The molecule has 0 saturated carbocycles. The fourth-order valence-electron chi connectivity index (χ4n) is 2.26. The maximum Gasteiger partial charge on any atom is 0.153 e. The van der Waals surface area contributed by atoms with Crippen molar-refractivity contribution < 1.29 is 22.7 Å². The Bertz CT molecular complexity index is 594. The molecule has 0 amide bonds. The molecule has 5 nitrogen and oxygen atoms in total. The van der Waals surface area contributed by atoms with Gasteiger partial charge in [0.2, 0.25) is 0 Å². The number of carbonyl (C=O) groups excluding carboxylic acids is 1. The van der Waals surface area contributed by atoms with Crippen molar-refractivity contribution in [1.29, 1.82) is 0 Å². The molecule has 1 aliphatic rings. The van der Waals surface area contributed by atoms with Crippen LogP contribution in [-0.2, 0) is 9.84 Å². The van der Waals surface area contributed by atoms with Crippen LogP contribution < -0.4 is 9.47 Å². The highest BCUT2D eigenvalue weighted by Gasteiger charge is 2.28. The Kier molecular flexibility index (Phi) is 5.22. The highest BCUT2D eigenvalue weighted by atomic mass is 32.2. The van der Waals surface area contributed by atoms with E-state index in [9.17, 15) is 13.2 Å². The number of hydrogen-bond donors (Lipinski definition) is 0. The first-order valence-corrected chi connectivity index (χ1v) is 8.91. The number of sulfone groups is 1. The lowest BCUT2D eigenvalue weighted by Crippen LogP contribution is -2.14. The van der Waals surface area contributed by atoms with E-state index in [0.29, 0.717) is 36.7 Å². The van der Waals surface area contributed by atoms with Gasteiger partial charge in [0.25, 0.3) is 0 Å². The van der Waals surface area contributed by atoms with Crippen molar-refractivity contribution in [3.8, 4) is 11.5 Å². The zero-order valence-corrected chi connectivity index (χ0v) is 12.9. The molecule has 21 heavy (non-hydrogen) atoms. The first-order valence-electron chi connectivity index (χ1n) is 7.09. The number of rotatable bonds is 7. The zero-order chi connectivity index (χ0) is 15.3. The number of ether oxygens (including phenoxy) is 2. The SMILES string of the molecule is CCCOc1ccc(C=O)c(OCC2CCS(=O)(=O)C2)c1. The molecule has 1 heterocycles. The van der Waals surface area contributed by atoms with Gasteiger partial charge in [-0.15, -0.1) is 0 Å². The smallest absolute Gasteiger partial charge is 0.153 e. The van der Waals surface area contributed by atoms with Gasteiger partial charge in [-0.1, -0.05) is 6.92 Å². The number of aldehydes is 1. The van der Waals surface area contributed by atoms with Crippen molar-refractivity contribution in [2.24, 2.45) is 5.92 Å². The summed E-state index contributed by atoms with van der Waals surface area (Å²) in [6, 6.07) is 5.06. The maximum absolute atomic E-state index is 11.4. The summed E-state index contributed by atoms with van der Waals surface area (Å²) in [4.78, 5) is 11.0. The average Bonchev–Trinajstić information content (AvgIpc) is 2.82. The largest absolute Gasteiger partial charge is 0.493 e. The molecule has 1 saturated heterocycles. The van der Waals surface area contributed by atoms with E-state index in [1.54, 1.807) is 18.2 Å². The van der Waals surface area contributed by atoms with Gasteiger partial charge < -0.3 is 9.47 Å². The molecule has 0 aliphatic carbocycles. The topological polar surface area (TPSA) is 69.7 Å². The van der Waals surface area contributed by atoms with Crippen LogP contribution in [0.5, 0.6) is 11.5 Å². The third kappa shape index (κ3) is 4.46. The van der Waals surface area contributed by atoms with Gasteiger partial charge in [0.1, 0.15) is 11.5 Å². The summed E-state index contributed by atoms with van der Waals surface area (Å²) >= 11 is 0. The highest BCUT2D eigenvalue weighted by Crippen LogP contribution is 2.26. The van der Waals surface area contributed by atoms with Crippen molar-refractivity contribution in [2.45, 2.75) is 19.8 Å². The van der Waals surface area contributed by atoms with E-state index in [4.69, 9.17) is 9.47 Å². The Morgan fingerprint density at radius 2 is 2.14 bits per heavy atom. The Balaban J connectivity index is 2.02. The molecule has 0 bridgehead atoms. The first kappa shape index (κ1) is 15.8. The molecule has 1 aliphatic heterocycles. The molecular weight excluding hydrogens is 292 g/mol. The Morgan fingerprint density at radius 1 is 1.33 bits per heavy atom. The minimum atomic E-state index is -2.91. The quantitative estimate of drug-likeness (QED) is 0.721. The van der Waals surface area contributed by atoms with Gasteiger partial charge in [-0.25, -0.2) is 8.42 Å². The van der Waals surface area contributed by atoms with Crippen LogP contribution in [0, 0.1) is 5.92 Å². The molecule has 1 fully saturated rings. The van der Waals surface area contributed by atoms with E-state index in [1.807, 2.05) is 6.92 Å². The van der Waals surface area contributed by atoms with Crippen LogP contribution in [0.3, 0.4) is 0 Å². The van der Waals surface area contributed by atoms with Gasteiger partial charge in [-0.05, 0) is 25.0 Å². The van der Waals surface area contributed by atoms with Gasteiger partial charge in [0, 0.05) is 12.0 Å². The molecule has 2 rings (SSSR count). The molecule has 116 valence electrons. The van der Waals surface area contributed by atoms with Gasteiger partial charge in [0.15, 0.2) is 16.1 Å². The molecule has 0 spiro atoms. The van der Waals surface area contributed by atoms with Gasteiger partial charge in [-0.3, -0.25) is 4.79 Å². The summed E-state index contributed by atoms with van der Waals surface area (Å²) < 4.78 is 34.0. The zero-order valence-electron chi connectivity index (χ0n) is 12.1. The Morgan fingerprint density at radius 3 is 2.76 bits per heavy atom. The van der Waals surface area contributed by atoms with Crippen LogP contribution >= 0.6 is 0 Å². The second kappa shape index (κ2) is 6.93. The molecule has 6 heteroatoms. The number of benzene rings is 1. The number of hydrogen-bond acceptors (Lipinski definition) is 5. The first-order chi connectivity index (χ1) is 10.0. The van der Waals surface area contributed by atoms with Crippen molar-refractivity contribution in [2.75, 3.05) is 24.7 Å². The van der Waals surface area contributed by atoms with E-state index in [-0.39, 0.29) is 17.4 Å². The molecule has 0 radical (unpaired) electrons. The van der Waals surface area contributed by atoms with Gasteiger partial charge in [-0.2, -0.15) is 0 Å². The normalized spacial score (nSPS) is 20.1. The molecule has 1 aromatic carbocycles. The second-order valence-corrected chi connectivity index (χ2v) is 7.47. The fourth-order valence-corrected chi connectivity index (χ4v) is 4.10. The molecule has 0 N–H and O–H groups in total. The van der Waals surface area contributed by atoms with Crippen LogP contribution in [0.4, 0.5) is 0 Å². The summed E-state index contributed by atoms with van der Waals surface area (Å²) in [5.41, 5.74) is 0.444. The van der Waals surface area contributed by atoms with E-state index in [0.717, 1.165) is 12.7 Å². The summed E-state index contributed by atoms with van der Waals surface area (Å²) in [7, 11) is -2.91. The predicted molar refractivity (Wildman–Crippen MR) is 79.9 cm³/mol. The monoisotopic (exact) mass is 312 g/mol. The minimum absolute atomic E-state index is 0.00489. The van der Waals surface area contributed by atoms with Crippen molar-refractivity contribution in [3.05, 3.63) is 23.8 Å². The summed E-state index contributed by atoms with van der Waals surface area (Å²) in [6.07, 6.45) is 2.24. The van der Waals surface area contributed by atoms with E-state index in [2.05, 4.69) is 0 Å². The Labute approximate surface area is 125 Å². The molecular formula is C15H20O5S. The van der Waals surface area contributed by atoms with Crippen molar-refractivity contribution >= 4 is 16.1 Å². The average molecular weight is 312 g/mol. The lowest BCUT2D eigenvalue weighted by Gasteiger charge is -2.13. The molecule has 1 atom stereocenters. The van der Waals surface area contributed by atoms with Crippen LogP contribution in [0.15, 0.2) is 18.2 Å². The fraction of sp³-hybridized carbons (Fsp3) is 0.533. The van der Waals surface area contributed by atoms with Crippen LogP contribution in [0.25, 0.3) is 0 Å². The number of carbonyl (C=O) groups is 1. The van der Waals surface area contributed by atoms with Crippen molar-refractivity contribution in [1.82, 2.24) is 0 Å². The van der Waals surface area contributed by atoms with Crippen LogP contribution in [-0.4, -0.2) is 39.4 Å². The van der Waals surface area contributed by atoms with Crippen LogP contribution in [0.2, 0.25) is 0 Å². The van der Waals surface area contributed by atoms with E-state index < -0.39 is 9.84 Å². The van der Waals surface area contributed by atoms with E-state index in [1.165, 1.54) is 0 Å². The third-order valence-corrected chi connectivity index (χ3v) is 5.22. The predicted octanol–water partition coefficient (Wildman–Crippen LogP) is 2.10.